The second-order valence-electron chi connectivity index (χ2n) is 6.26. The molecule has 3 N–H and O–H groups in total. The molecule has 0 radical (unpaired) electrons. The fourth-order valence-electron chi connectivity index (χ4n) is 2.83. The SMILES string of the molecule is COc1ccc([N+](=O)[O-])cc1C[C@H](NC(=O)c1cc(C)cc(C)c1)C(N)=O. The Kier molecular flexibility index (Phi) is 6.12. The molecule has 2 aromatic carbocycles. The summed E-state index contributed by atoms with van der Waals surface area (Å²) in [5.41, 5.74) is 7.92. The van der Waals surface area contributed by atoms with Crippen LogP contribution in [0, 0.1) is 24.0 Å². The molecule has 0 bridgehead atoms. The lowest BCUT2D eigenvalue weighted by molar-refractivity contribution is -0.384. The van der Waals surface area contributed by atoms with Gasteiger partial charge >= 0.3 is 0 Å². The van der Waals surface area contributed by atoms with Crippen LogP contribution in [0.1, 0.15) is 27.0 Å². The molecule has 27 heavy (non-hydrogen) atoms. The van der Waals surface area contributed by atoms with E-state index >= 15 is 0 Å². The third-order valence-electron chi connectivity index (χ3n) is 4.03. The summed E-state index contributed by atoms with van der Waals surface area (Å²) in [5.74, 6) is -0.830. The Morgan fingerprint density at radius 2 is 1.81 bits per heavy atom. The Balaban J connectivity index is 2.28. The number of non-ortho nitro benzene ring substituents is 1. The first kappa shape index (κ1) is 19.9. The van der Waals surface area contributed by atoms with Crippen molar-refractivity contribution in [1.82, 2.24) is 5.32 Å². The topological polar surface area (TPSA) is 125 Å². The standard InChI is InChI=1S/C19H21N3O5/c1-11-6-12(2)8-14(7-11)19(24)21-16(18(20)23)10-13-9-15(22(25)26)4-5-17(13)27-3/h4-9,16H,10H2,1-3H3,(H2,20,23)(H,21,24)/t16-/m0/s1. The number of amides is 2. The van der Waals surface area contributed by atoms with E-state index in [-0.39, 0.29) is 12.1 Å². The third-order valence-corrected chi connectivity index (χ3v) is 4.03. The average molecular weight is 371 g/mol. The van der Waals surface area contributed by atoms with Crippen molar-refractivity contribution in [2.75, 3.05) is 7.11 Å². The molecule has 0 aliphatic rings. The predicted molar refractivity (Wildman–Crippen MR) is 99.7 cm³/mol. The van der Waals surface area contributed by atoms with E-state index in [1.807, 2.05) is 19.9 Å². The van der Waals surface area contributed by atoms with E-state index in [0.29, 0.717) is 16.9 Å². The summed E-state index contributed by atoms with van der Waals surface area (Å²) in [4.78, 5) is 34.8. The van der Waals surface area contributed by atoms with Gasteiger partial charge in [-0.15, -0.1) is 0 Å². The number of nitrogens with two attached hydrogens (primary N) is 1. The molecule has 2 aromatic rings. The highest BCUT2D eigenvalue weighted by molar-refractivity contribution is 5.97. The van der Waals surface area contributed by atoms with Crippen molar-refractivity contribution in [3.8, 4) is 5.75 Å². The fraction of sp³-hybridized carbons (Fsp3) is 0.263. The molecule has 142 valence electrons. The van der Waals surface area contributed by atoms with Crippen molar-refractivity contribution < 1.29 is 19.2 Å². The van der Waals surface area contributed by atoms with Gasteiger partial charge in [-0.2, -0.15) is 0 Å². The third kappa shape index (κ3) is 5.04. The molecule has 0 aliphatic carbocycles. The van der Waals surface area contributed by atoms with Gasteiger partial charge in [0, 0.05) is 29.7 Å². The van der Waals surface area contributed by atoms with E-state index in [1.54, 1.807) is 12.1 Å². The van der Waals surface area contributed by atoms with Crippen LogP contribution in [0.25, 0.3) is 0 Å². The van der Waals surface area contributed by atoms with Crippen molar-refractivity contribution in [1.29, 1.82) is 0 Å². The number of hydrogen-bond donors (Lipinski definition) is 2. The number of hydrogen-bond acceptors (Lipinski definition) is 5. The number of methoxy groups -OCH3 is 1. The van der Waals surface area contributed by atoms with Crippen LogP contribution in [-0.4, -0.2) is 29.9 Å². The van der Waals surface area contributed by atoms with Gasteiger partial charge < -0.3 is 15.8 Å². The lowest BCUT2D eigenvalue weighted by Crippen LogP contribution is -2.46. The maximum absolute atomic E-state index is 12.5. The van der Waals surface area contributed by atoms with Gasteiger partial charge in [-0.05, 0) is 32.0 Å². The number of nitrogens with zero attached hydrogens (tertiary/aromatic N) is 1. The molecule has 0 heterocycles. The van der Waals surface area contributed by atoms with Gasteiger partial charge in [0.15, 0.2) is 0 Å². The summed E-state index contributed by atoms with van der Waals surface area (Å²) >= 11 is 0. The summed E-state index contributed by atoms with van der Waals surface area (Å²) in [5, 5.41) is 13.6. The highest BCUT2D eigenvalue weighted by atomic mass is 16.6. The van der Waals surface area contributed by atoms with Gasteiger partial charge in [-0.1, -0.05) is 17.2 Å². The predicted octanol–water partition coefficient (Wildman–Crippen LogP) is 2.05. The first-order valence-electron chi connectivity index (χ1n) is 8.21. The maximum Gasteiger partial charge on any atom is 0.269 e. The van der Waals surface area contributed by atoms with Gasteiger partial charge in [-0.25, -0.2) is 0 Å². The number of benzene rings is 2. The first-order chi connectivity index (χ1) is 12.7. The monoisotopic (exact) mass is 371 g/mol. The number of carbonyl (C=O) groups excluding carboxylic acids is 2. The summed E-state index contributed by atoms with van der Waals surface area (Å²) in [6, 6.07) is 8.33. The normalized spacial score (nSPS) is 11.5. The van der Waals surface area contributed by atoms with Crippen LogP contribution in [0.5, 0.6) is 5.75 Å². The smallest absolute Gasteiger partial charge is 0.269 e. The molecule has 2 rings (SSSR count). The highest BCUT2D eigenvalue weighted by Crippen LogP contribution is 2.25. The van der Waals surface area contributed by atoms with Crippen LogP contribution >= 0.6 is 0 Å². The summed E-state index contributed by atoms with van der Waals surface area (Å²) in [7, 11) is 1.41. The second kappa shape index (κ2) is 8.31. The maximum atomic E-state index is 12.5. The van der Waals surface area contributed by atoms with Crippen molar-refractivity contribution in [2.24, 2.45) is 5.73 Å². The van der Waals surface area contributed by atoms with E-state index in [9.17, 15) is 19.7 Å². The lowest BCUT2D eigenvalue weighted by atomic mass is 10.0. The second-order valence-corrected chi connectivity index (χ2v) is 6.26. The minimum Gasteiger partial charge on any atom is -0.496 e. The molecular formula is C19H21N3O5. The molecule has 0 aromatic heterocycles. The van der Waals surface area contributed by atoms with Crippen molar-refractivity contribution in [2.45, 2.75) is 26.3 Å². The zero-order valence-electron chi connectivity index (χ0n) is 15.3. The van der Waals surface area contributed by atoms with E-state index in [0.717, 1.165) is 11.1 Å². The number of nitro groups is 1. The number of primary amides is 1. The molecule has 0 fully saturated rings. The number of nitro benzene ring substituents is 1. The lowest BCUT2D eigenvalue weighted by Gasteiger charge is -2.17. The van der Waals surface area contributed by atoms with Crippen molar-refractivity contribution >= 4 is 17.5 Å². The first-order valence-corrected chi connectivity index (χ1v) is 8.21. The number of nitrogens with one attached hydrogen (secondary N) is 1. The zero-order chi connectivity index (χ0) is 20.1. The average Bonchev–Trinajstić information content (AvgIpc) is 2.59. The molecule has 1 atom stereocenters. The van der Waals surface area contributed by atoms with Crippen LogP contribution < -0.4 is 15.8 Å². The number of rotatable bonds is 7. The Morgan fingerprint density at radius 1 is 1.19 bits per heavy atom. The van der Waals surface area contributed by atoms with E-state index < -0.39 is 22.8 Å². The van der Waals surface area contributed by atoms with E-state index in [2.05, 4.69) is 5.32 Å². The Morgan fingerprint density at radius 3 is 2.33 bits per heavy atom. The Labute approximate surface area is 156 Å². The zero-order valence-corrected chi connectivity index (χ0v) is 15.3. The Hall–Kier alpha value is -3.42. The minimum atomic E-state index is -1.05. The van der Waals surface area contributed by atoms with Crippen molar-refractivity contribution in [3.63, 3.8) is 0 Å². The molecule has 8 heteroatoms. The van der Waals surface area contributed by atoms with Crippen LogP contribution in [0.2, 0.25) is 0 Å². The van der Waals surface area contributed by atoms with E-state index in [1.165, 1.54) is 25.3 Å². The molecule has 0 saturated heterocycles. The molecule has 2 amide bonds. The van der Waals surface area contributed by atoms with Crippen LogP contribution in [0.4, 0.5) is 5.69 Å². The molecular weight excluding hydrogens is 350 g/mol. The van der Waals surface area contributed by atoms with Crippen LogP contribution in [0.3, 0.4) is 0 Å². The molecule has 0 saturated carbocycles. The largest absolute Gasteiger partial charge is 0.496 e. The summed E-state index contributed by atoms with van der Waals surface area (Å²) < 4.78 is 5.19. The van der Waals surface area contributed by atoms with Crippen LogP contribution in [-0.2, 0) is 11.2 Å². The molecule has 0 spiro atoms. The molecule has 0 aliphatic heterocycles. The number of aryl methyl sites for hydroxylation is 2. The van der Waals surface area contributed by atoms with Gasteiger partial charge in [-0.3, -0.25) is 19.7 Å². The van der Waals surface area contributed by atoms with Gasteiger partial charge in [0.2, 0.25) is 5.91 Å². The van der Waals surface area contributed by atoms with Gasteiger partial charge in [0.05, 0.1) is 12.0 Å². The van der Waals surface area contributed by atoms with Gasteiger partial charge in [0.25, 0.3) is 11.6 Å². The molecule has 0 unspecified atom stereocenters. The van der Waals surface area contributed by atoms with Gasteiger partial charge in [0.1, 0.15) is 11.8 Å². The summed E-state index contributed by atoms with van der Waals surface area (Å²) in [6.07, 6.45) is -0.0310. The fourth-order valence-corrected chi connectivity index (χ4v) is 2.83. The van der Waals surface area contributed by atoms with E-state index in [4.69, 9.17) is 10.5 Å². The van der Waals surface area contributed by atoms with Crippen molar-refractivity contribution in [3.05, 3.63) is 68.8 Å². The highest BCUT2D eigenvalue weighted by Gasteiger charge is 2.23. The Bertz CT molecular complexity index is 875. The summed E-state index contributed by atoms with van der Waals surface area (Å²) in [6.45, 7) is 3.73. The van der Waals surface area contributed by atoms with Crippen LogP contribution in [0.15, 0.2) is 36.4 Å². The minimum absolute atomic E-state index is 0.0310. The number of carbonyl (C=O) groups is 2. The molecule has 8 nitrogen and oxygen atoms in total. The quantitative estimate of drug-likeness (QED) is 0.569. The number of ether oxygens (including phenoxy) is 1.